The summed E-state index contributed by atoms with van der Waals surface area (Å²) < 4.78 is 51.8. The number of likely N-dealkylation sites (N-methyl/N-ethyl adjacent to an activating group) is 1. The summed E-state index contributed by atoms with van der Waals surface area (Å²) in [4.78, 5) is 31.5. The second-order valence-corrected chi connectivity index (χ2v) is 20.3. The van der Waals surface area contributed by atoms with Crippen LogP contribution in [0.3, 0.4) is 0 Å². The molecule has 0 spiro atoms. The molecule has 13 heteroatoms. The van der Waals surface area contributed by atoms with Gasteiger partial charge in [-0.15, -0.1) is 11.3 Å². The van der Waals surface area contributed by atoms with Crippen LogP contribution in [0.25, 0.3) is 10.1 Å². The van der Waals surface area contributed by atoms with Crippen LogP contribution in [0.15, 0.2) is 41.3 Å². The Morgan fingerprint density at radius 2 is 1.66 bits per heavy atom. The van der Waals surface area contributed by atoms with Crippen molar-refractivity contribution >= 4 is 38.9 Å². The Morgan fingerprint density at radius 3 is 2.39 bits per heavy atom. The van der Waals surface area contributed by atoms with E-state index in [1.165, 1.54) is 10.1 Å². The minimum atomic E-state index is -0.624. The van der Waals surface area contributed by atoms with Gasteiger partial charge in [-0.3, -0.25) is 9.59 Å². The molecular formula is C49H72N2O10S. The van der Waals surface area contributed by atoms with Crippen molar-refractivity contribution in [3.63, 3.8) is 0 Å². The van der Waals surface area contributed by atoms with Gasteiger partial charge in [-0.2, -0.15) is 0 Å². The number of thiophene rings is 1. The van der Waals surface area contributed by atoms with Crippen LogP contribution in [-0.2, 0) is 47.5 Å². The summed E-state index contributed by atoms with van der Waals surface area (Å²) in [7, 11) is 9.20. The third-order valence-corrected chi connectivity index (χ3v) is 16.5. The lowest BCUT2D eigenvalue weighted by Gasteiger charge is -2.45. The van der Waals surface area contributed by atoms with Gasteiger partial charge in [0.1, 0.15) is 24.4 Å². The van der Waals surface area contributed by atoms with Crippen LogP contribution in [0.5, 0.6) is 0 Å². The van der Waals surface area contributed by atoms with Gasteiger partial charge < -0.3 is 48.1 Å². The van der Waals surface area contributed by atoms with Gasteiger partial charge in [0, 0.05) is 55.6 Å². The van der Waals surface area contributed by atoms with E-state index in [1.807, 2.05) is 13.8 Å². The summed E-state index contributed by atoms with van der Waals surface area (Å²) in [6.45, 7) is 8.23. The third kappa shape index (κ3) is 9.45. The number of cyclic esters (lactones) is 1. The highest BCUT2D eigenvalue weighted by Gasteiger charge is 2.57. The fourth-order valence-electron chi connectivity index (χ4n) is 12.5. The molecule has 2 aromatic rings. The summed E-state index contributed by atoms with van der Waals surface area (Å²) in [5.41, 5.74) is 1.82. The van der Waals surface area contributed by atoms with Crippen molar-refractivity contribution in [3.8, 4) is 0 Å². The van der Waals surface area contributed by atoms with Gasteiger partial charge in [0.15, 0.2) is 18.4 Å². The minimum absolute atomic E-state index is 0.00207. The van der Waals surface area contributed by atoms with Gasteiger partial charge in [0.25, 0.3) is 0 Å². The molecule has 1 N–H and O–H groups in total. The standard InChI is InChI=1S/C49H72N2O10S/c1-10-32-12-11-13-40(61-43-17-15-39(51(5)6)27(3)57-43)26(2)45(53)37-24-35-34-23-33(60-49-48(56-9)47(55-8)46(54-7)28(4)58-49)21-30(34)22-38(44(35)36(37)25-42(52)59-32)50-31-14-16-41-29(20-31)18-19-62-41/h14,16,18-20,24,26-28,30,32-36,38-40,43-44,46-50H,10-13,15,17,21-23,25H2,1-9H3/t26-,27?,28?,30+,32+,33-,34-,35+,36-,38+,39+,40+,43+,44-,46+,47?,48?,49+/m1/s1. The summed E-state index contributed by atoms with van der Waals surface area (Å²) >= 11 is 1.74. The highest BCUT2D eigenvalue weighted by Crippen LogP contribution is 2.57. The van der Waals surface area contributed by atoms with E-state index < -0.39 is 18.3 Å². The number of Topliss-reactive ketones (excluding diaryl/α,β-unsaturated/α-hetero) is 1. The fourth-order valence-corrected chi connectivity index (χ4v) is 13.2. The molecule has 1 aromatic carbocycles. The molecule has 0 radical (unpaired) electrons. The van der Waals surface area contributed by atoms with Crippen molar-refractivity contribution in [2.45, 2.75) is 165 Å². The van der Waals surface area contributed by atoms with E-state index in [0.717, 1.165) is 62.6 Å². The smallest absolute Gasteiger partial charge is 0.306 e. The molecule has 3 aliphatic heterocycles. The molecule has 3 saturated heterocycles. The van der Waals surface area contributed by atoms with Crippen molar-refractivity contribution in [2.75, 3.05) is 40.7 Å². The molecule has 1 aromatic heterocycles. The van der Waals surface area contributed by atoms with Crippen LogP contribution in [0, 0.1) is 35.5 Å². The van der Waals surface area contributed by atoms with Crippen LogP contribution in [0.2, 0.25) is 0 Å². The number of nitrogens with one attached hydrogen (secondary N) is 1. The molecule has 18 atom stereocenters. The number of rotatable bonds is 11. The Labute approximate surface area is 373 Å². The number of methoxy groups -OCH3 is 3. The Hall–Kier alpha value is -2.46. The van der Waals surface area contributed by atoms with Crippen molar-refractivity contribution in [1.29, 1.82) is 0 Å². The largest absolute Gasteiger partial charge is 0.462 e. The maximum absolute atomic E-state index is 15.2. The summed E-state index contributed by atoms with van der Waals surface area (Å²) in [6.07, 6.45) is 6.78. The molecule has 6 aliphatic rings. The first-order chi connectivity index (χ1) is 29.9. The zero-order valence-electron chi connectivity index (χ0n) is 38.4. The number of hydrogen-bond donors (Lipinski definition) is 1. The van der Waals surface area contributed by atoms with Gasteiger partial charge in [0.2, 0.25) is 0 Å². The Balaban J connectivity index is 1.10. The topological polar surface area (TPSA) is 123 Å². The Kier molecular flexibility index (Phi) is 14.8. The molecular weight excluding hydrogens is 809 g/mol. The molecule has 344 valence electrons. The van der Waals surface area contributed by atoms with Gasteiger partial charge >= 0.3 is 5.97 Å². The summed E-state index contributed by atoms with van der Waals surface area (Å²) in [5.74, 6) is -0.217. The first-order valence-electron chi connectivity index (χ1n) is 23.5. The molecule has 62 heavy (non-hydrogen) atoms. The number of nitrogens with zero attached hydrogens (tertiary/aromatic N) is 1. The van der Waals surface area contributed by atoms with E-state index in [1.54, 1.807) is 32.7 Å². The van der Waals surface area contributed by atoms with Crippen LogP contribution >= 0.6 is 11.3 Å². The maximum atomic E-state index is 15.2. The van der Waals surface area contributed by atoms with E-state index >= 15 is 4.79 Å². The molecule has 12 nitrogen and oxygen atoms in total. The molecule has 4 heterocycles. The lowest BCUT2D eigenvalue weighted by Crippen LogP contribution is -2.59. The molecule has 5 fully saturated rings. The average molecular weight is 881 g/mol. The number of allylic oxidation sites excluding steroid dienone is 2. The Bertz CT molecular complexity index is 1870. The van der Waals surface area contributed by atoms with Gasteiger partial charge in [-0.05, 0) is 150 Å². The first kappa shape index (κ1) is 46.1. The molecule has 8 rings (SSSR count). The Morgan fingerprint density at radius 1 is 0.871 bits per heavy atom. The molecule has 4 unspecified atom stereocenters. The van der Waals surface area contributed by atoms with Gasteiger partial charge in [-0.25, -0.2) is 0 Å². The number of carbonyl (C=O) groups excluding carboxylic acids is 2. The van der Waals surface area contributed by atoms with Crippen LogP contribution in [0.4, 0.5) is 5.69 Å². The lowest BCUT2D eigenvalue weighted by atomic mass is 9.63. The van der Waals surface area contributed by atoms with Crippen molar-refractivity contribution < 1.29 is 47.5 Å². The van der Waals surface area contributed by atoms with Crippen molar-refractivity contribution in [1.82, 2.24) is 4.90 Å². The predicted molar refractivity (Wildman–Crippen MR) is 239 cm³/mol. The monoisotopic (exact) mass is 880 g/mol. The quantitative estimate of drug-likeness (QED) is 0.220. The maximum Gasteiger partial charge on any atom is 0.306 e. The van der Waals surface area contributed by atoms with Crippen molar-refractivity contribution in [2.24, 2.45) is 35.5 Å². The summed E-state index contributed by atoms with van der Waals surface area (Å²) in [6, 6.07) is 9.07. The van der Waals surface area contributed by atoms with E-state index in [0.29, 0.717) is 18.4 Å². The van der Waals surface area contributed by atoms with Crippen LogP contribution in [0.1, 0.15) is 91.9 Å². The molecule has 3 aliphatic carbocycles. The zero-order chi connectivity index (χ0) is 43.8. The number of hydrogen-bond acceptors (Lipinski definition) is 13. The minimum Gasteiger partial charge on any atom is -0.462 e. The molecule has 0 bridgehead atoms. The highest BCUT2D eigenvalue weighted by atomic mass is 32.1. The number of anilines is 1. The van der Waals surface area contributed by atoms with E-state index in [4.69, 9.17) is 37.9 Å². The average Bonchev–Trinajstić information content (AvgIpc) is 3.98. The van der Waals surface area contributed by atoms with Crippen LogP contribution < -0.4 is 5.32 Å². The molecule has 0 amide bonds. The van der Waals surface area contributed by atoms with Crippen molar-refractivity contribution in [3.05, 3.63) is 41.3 Å². The normalized spacial score (nSPS) is 41.7. The summed E-state index contributed by atoms with van der Waals surface area (Å²) in [5, 5.41) is 7.32. The van der Waals surface area contributed by atoms with Gasteiger partial charge in [-0.1, -0.05) is 19.9 Å². The predicted octanol–water partition coefficient (Wildman–Crippen LogP) is 8.02. The van der Waals surface area contributed by atoms with Gasteiger partial charge in [0.05, 0.1) is 30.8 Å². The second-order valence-electron chi connectivity index (χ2n) is 19.4. The lowest BCUT2D eigenvalue weighted by molar-refractivity contribution is -0.314. The van der Waals surface area contributed by atoms with E-state index in [-0.39, 0.29) is 96.9 Å². The third-order valence-electron chi connectivity index (χ3n) is 15.6. The number of ether oxygens (including phenoxy) is 8. The number of fused-ring (bicyclic) bond motifs is 6. The SMILES string of the molecule is CC[C@H]1CCC[C@H](O[C@H]2CC[C@H](N(C)C)C(C)O2)[C@@H](C)C(=O)C2=C[C@H]3[C@@H]4C[C@H](O[C@@H]5OC(C)[C@H](OC)C(OC)C5OC)C[C@H]4C[C@H](Nc4ccc5sccc5c4)[C@H]3[C@@H]2CC(=O)O1. The number of benzene rings is 1. The van der Waals surface area contributed by atoms with Crippen LogP contribution in [-0.4, -0.2) is 126 Å². The van der Waals surface area contributed by atoms with E-state index in [2.05, 4.69) is 73.9 Å². The highest BCUT2D eigenvalue weighted by molar-refractivity contribution is 7.17. The zero-order valence-corrected chi connectivity index (χ0v) is 39.2. The fraction of sp³-hybridized carbons (Fsp3) is 0.755. The number of esters is 1. The number of ketones is 1. The first-order valence-corrected chi connectivity index (χ1v) is 24.3. The van der Waals surface area contributed by atoms with E-state index in [9.17, 15) is 4.79 Å². The number of carbonyl (C=O) groups is 2. The molecule has 2 saturated carbocycles. The second kappa shape index (κ2) is 20.0.